The molecule has 0 aliphatic carbocycles. The Morgan fingerprint density at radius 3 is 2.33 bits per heavy atom. The number of carbonyl (C=O) groups excluding carboxylic acids is 1. The van der Waals surface area contributed by atoms with E-state index in [1.807, 2.05) is 13.8 Å². The Hall–Kier alpha value is -0.840. The van der Waals surface area contributed by atoms with E-state index in [-0.39, 0.29) is 16.0 Å². The minimum Gasteiger partial charge on any atom is -0.325 e. The zero-order valence-electron chi connectivity index (χ0n) is 10.1. The van der Waals surface area contributed by atoms with Gasteiger partial charge in [-0.05, 0) is 24.5 Å². The summed E-state index contributed by atoms with van der Waals surface area (Å²) >= 11 is 11.2. The van der Waals surface area contributed by atoms with Gasteiger partial charge in [0.15, 0.2) is 5.82 Å². The second-order valence-corrected chi connectivity index (χ2v) is 5.29. The van der Waals surface area contributed by atoms with E-state index in [1.165, 1.54) is 12.1 Å². The lowest BCUT2D eigenvalue weighted by molar-refractivity contribution is -0.117. The standard InChI is InChI=1S/C12H15Cl2FN2O/c1-6(2)3-10(16)12(18)17-7-4-8(13)11(15)9(14)5-7/h4-6,10H,3,16H2,1-2H3,(H,17,18)/t10-/m1/s1. The first-order valence-electron chi connectivity index (χ1n) is 5.52. The van der Waals surface area contributed by atoms with Crippen molar-refractivity contribution in [2.75, 3.05) is 5.32 Å². The van der Waals surface area contributed by atoms with Gasteiger partial charge in [0, 0.05) is 5.69 Å². The van der Waals surface area contributed by atoms with Gasteiger partial charge in [-0.25, -0.2) is 4.39 Å². The molecule has 1 aromatic carbocycles. The van der Waals surface area contributed by atoms with Crippen LogP contribution >= 0.6 is 23.2 Å². The zero-order valence-corrected chi connectivity index (χ0v) is 11.6. The number of nitrogens with two attached hydrogens (primary N) is 1. The molecular weight excluding hydrogens is 278 g/mol. The molecule has 0 bridgehead atoms. The van der Waals surface area contributed by atoms with E-state index in [1.54, 1.807) is 0 Å². The van der Waals surface area contributed by atoms with Crippen molar-refractivity contribution in [2.24, 2.45) is 11.7 Å². The normalized spacial score (nSPS) is 12.6. The lowest BCUT2D eigenvalue weighted by Gasteiger charge is -2.14. The highest BCUT2D eigenvalue weighted by Gasteiger charge is 2.16. The van der Waals surface area contributed by atoms with E-state index in [2.05, 4.69) is 5.32 Å². The SMILES string of the molecule is CC(C)C[C@@H](N)C(=O)Nc1cc(Cl)c(F)c(Cl)c1. The minimum atomic E-state index is -0.706. The number of halogens is 3. The van der Waals surface area contributed by atoms with Crippen LogP contribution in [0.5, 0.6) is 0 Å². The van der Waals surface area contributed by atoms with Crippen LogP contribution in [-0.2, 0) is 4.79 Å². The van der Waals surface area contributed by atoms with Crippen molar-refractivity contribution in [3.63, 3.8) is 0 Å². The fourth-order valence-corrected chi connectivity index (χ4v) is 1.96. The number of benzene rings is 1. The predicted molar refractivity (Wildman–Crippen MR) is 72.5 cm³/mol. The molecule has 0 saturated heterocycles. The van der Waals surface area contributed by atoms with Crippen LogP contribution in [0.3, 0.4) is 0 Å². The lowest BCUT2D eigenvalue weighted by Crippen LogP contribution is -2.36. The molecule has 0 radical (unpaired) electrons. The number of carbonyl (C=O) groups is 1. The molecule has 0 aliphatic rings. The molecule has 0 saturated carbocycles. The van der Waals surface area contributed by atoms with Crippen LogP contribution in [0.15, 0.2) is 12.1 Å². The molecule has 0 aliphatic heterocycles. The second kappa shape index (κ2) is 6.36. The maximum absolute atomic E-state index is 13.2. The lowest BCUT2D eigenvalue weighted by atomic mass is 10.0. The number of hydrogen-bond donors (Lipinski definition) is 2. The van der Waals surface area contributed by atoms with Gasteiger partial charge >= 0.3 is 0 Å². The maximum atomic E-state index is 13.2. The molecule has 1 atom stereocenters. The van der Waals surface area contributed by atoms with Gasteiger partial charge in [-0.2, -0.15) is 0 Å². The second-order valence-electron chi connectivity index (χ2n) is 4.48. The first kappa shape index (κ1) is 15.2. The number of nitrogens with one attached hydrogen (secondary N) is 1. The molecule has 1 aromatic rings. The van der Waals surface area contributed by atoms with Crippen LogP contribution in [0.4, 0.5) is 10.1 Å². The summed E-state index contributed by atoms with van der Waals surface area (Å²) in [5.74, 6) is -0.739. The van der Waals surface area contributed by atoms with Gasteiger partial charge in [-0.15, -0.1) is 0 Å². The van der Waals surface area contributed by atoms with Crippen LogP contribution in [0.25, 0.3) is 0 Å². The molecule has 18 heavy (non-hydrogen) atoms. The van der Waals surface area contributed by atoms with Crippen molar-refractivity contribution >= 4 is 34.8 Å². The third-order valence-corrected chi connectivity index (χ3v) is 2.86. The molecule has 0 unspecified atom stereocenters. The van der Waals surface area contributed by atoms with Crippen LogP contribution in [0.2, 0.25) is 10.0 Å². The fraction of sp³-hybridized carbons (Fsp3) is 0.417. The van der Waals surface area contributed by atoms with Gasteiger partial charge in [-0.1, -0.05) is 37.0 Å². The molecule has 1 rings (SSSR count). The summed E-state index contributed by atoms with van der Waals surface area (Å²) in [5.41, 5.74) is 6.05. The van der Waals surface area contributed by atoms with Crippen LogP contribution in [0.1, 0.15) is 20.3 Å². The van der Waals surface area contributed by atoms with Crippen molar-refractivity contribution in [1.29, 1.82) is 0 Å². The maximum Gasteiger partial charge on any atom is 0.241 e. The van der Waals surface area contributed by atoms with E-state index in [9.17, 15) is 9.18 Å². The minimum absolute atomic E-state index is 0.143. The van der Waals surface area contributed by atoms with Crippen molar-refractivity contribution in [3.8, 4) is 0 Å². The highest BCUT2D eigenvalue weighted by molar-refractivity contribution is 6.35. The van der Waals surface area contributed by atoms with Crippen LogP contribution in [0, 0.1) is 11.7 Å². The Morgan fingerprint density at radius 1 is 1.39 bits per heavy atom. The van der Waals surface area contributed by atoms with Crippen LogP contribution in [-0.4, -0.2) is 11.9 Å². The largest absolute Gasteiger partial charge is 0.325 e. The van der Waals surface area contributed by atoms with Gasteiger partial charge in [0.25, 0.3) is 0 Å². The monoisotopic (exact) mass is 292 g/mol. The summed E-state index contributed by atoms with van der Waals surface area (Å²) in [5, 5.41) is 2.27. The van der Waals surface area contributed by atoms with Gasteiger partial charge in [0.05, 0.1) is 16.1 Å². The Kier molecular flexibility index (Phi) is 5.38. The van der Waals surface area contributed by atoms with Crippen molar-refractivity contribution < 1.29 is 9.18 Å². The fourth-order valence-electron chi connectivity index (χ4n) is 1.48. The first-order valence-corrected chi connectivity index (χ1v) is 6.27. The van der Waals surface area contributed by atoms with E-state index >= 15 is 0 Å². The molecule has 0 fully saturated rings. The van der Waals surface area contributed by atoms with Crippen LogP contribution < -0.4 is 11.1 Å². The summed E-state index contributed by atoms with van der Waals surface area (Å²) in [6.45, 7) is 3.94. The Bertz CT molecular complexity index is 429. The van der Waals surface area contributed by atoms with E-state index in [0.29, 0.717) is 18.0 Å². The molecule has 0 spiro atoms. The Morgan fingerprint density at radius 2 is 1.89 bits per heavy atom. The predicted octanol–water partition coefficient (Wildman–Crippen LogP) is 3.44. The first-order chi connectivity index (χ1) is 8.31. The Balaban J connectivity index is 2.76. The Labute approximate surface area is 115 Å². The molecule has 6 heteroatoms. The van der Waals surface area contributed by atoms with E-state index in [0.717, 1.165) is 0 Å². The average molecular weight is 293 g/mol. The smallest absolute Gasteiger partial charge is 0.241 e. The summed E-state index contributed by atoms with van der Waals surface area (Å²) < 4.78 is 13.2. The number of hydrogen-bond acceptors (Lipinski definition) is 2. The highest BCUT2D eigenvalue weighted by atomic mass is 35.5. The quantitative estimate of drug-likeness (QED) is 0.835. The third-order valence-electron chi connectivity index (χ3n) is 2.31. The summed E-state index contributed by atoms with van der Waals surface area (Å²) in [4.78, 5) is 11.7. The van der Waals surface area contributed by atoms with Gasteiger partial charge in [0.1, 0.15) is 0 Å². The molecule has 0 heterocycles. The summed E-state index contributed by atoms with van der Waals surface area (Å²) in [6.07, 6.45) is 0.564. The van der Waals surface area contributed by atoms with Gasteiger partial charge in [0.2, 0.25) is 5.91 Å². The number of rotatable bonds is 4. The molecule has 3 nitrogen and oxygen atoms in total. The van der Waals surface area contributed by atoms with Crippen molar-refractivity contribution in [1.82, 2.24) is 0 Å². The summed E-state index contributed by atoms with van der Waals surface area (Å²) in [7, 11) is 0. The van der Waals surface area contributed by atoms with E-state index < -0.39 is 11.9 Å². The third kappa shape index (κ3) is 4.12. The molecule has 0 aromatic heterocycles. The zero-order chi connectivity index (χ0) is 13.9. The van der Waals surface area contributed by atoms with Crippen molar-refractivity contribution in [2.45, 2.75) is 26.3 Å². The van der Waals surface area contributed by atoms with Crippen molar-refractivity contribution in [3.05, 3.63) is 28.0 Å². The van der Waals surface area contributed by atoms with Gasteiger partial charge in [-0.3, -0.25) is 4.79 Å². The molecular formula is C12H15Cl2FN2O. The highest BCUT2D eigenvalue weighted by Crippen LogP contribution is 2.27. The number of anilines is 1. The molecule has 3 N–H and O–H groups in total. The average Bonchev–Trinajstić information content (AvgIpc) is 2.24. The summed E-state index contributed by atoms with van der Waals surface area (Å²) in [6, 6.07) is 1.97. The van der Waals surface area contributed by atoms with E-state index in [4.69, 9.17) is 28.9 Å². The van der Waals surface area contributed by atoms with Gasteiger partial charge < -0.3 is 11.1 Å². The topological polar surface area (TPSA) is 55.1 Å². The number of amides is 1. The molecule has 100 valence electrons. The molecule has 1 amide bonds.